The number of carbonyl (C=O) groups excluding carboxylic acids is 1. The molecule has 0 amide bonds. The van der Waals surface area contributed by atoms with Gasteiger partial charge < -0.3 is 0 Å². The van der Waals surface area contributed by atoms with E-state index in [-0.39, 0.29) is 5.12 Å². The van der Waals surface area contributed by atoms with Crippen molar-refractivity contribution in [2.45, 2.75) is 18.1 Å². The van der Waals surface area contributed by atoms with Gasteiger partial charge in [-0.3, -0.25) is 4.79 Å². The highest BCUT2D eigenvalue weighted by molar-refractivity contribution is 8.24. The van der Waals surface area contributed by atoms with Gasteiger partial charge in [-0.05, 0) is 24.7 Å². The van der Waals surface area contributed by atoms with Gasteiger partial charge in [0.1, 0.15) is 0 Å². The van der Waals surface area contributed by atoms with Gasteiger partial charge in [0.2, 0.25) is 5.12 Å². The third-order valence-corrected chi connectivity index (χ3v) is 7.06. The monoisotopic (exact) mass is 280 g/mol. The van der Waals surface area contributed by atoms with Crippen molar-refractivity contribution in [1.29, 1.82) is 0 Å². The molecule has 1 rings (SSSR count). The van der Waals surface area contributed by atoms with Crippen molar-refractivity contribution in [3.05, 3.63) is 12.7 Å². The van der Waals surface area contributed by atoms with Gasteiger partial charge in [-0.15, -0.1) is 23.5 Å². The first-order valence-electron chi connectivity index (χ1n) is 4.89. The van der Waals surface area contributed by atoms with E-state index in [9.17, 15) is 4.79 Å². The molecule has 86 valence electrons. The SMILES string of the molecule is C=CC(=O)SCSCCCC1CSCS1. The topological polar surface area (TPSA) is 17.1 Å². The van der Waals surface area contributed by atoms with E-state index in [1.54, 1.807) is 0 Å². The molecule has 0 saturated carbocycles. The molecular weight excluding hydrogens is 264 g/mol. The van der Waals surface area contributed by atoms with Crippen LogP contribution in [0.3, 0.4) is 0 Å². The number of carbonyl (C=O) groups is 1. The molecule has 15 heavy (non-hydrogen) atoms. The van der Waals surface area contributed by atoms with E-state index in [0.717, 1.165) is 10.3 Å². The minimum absolute atomic E-state index is 0.0882. The molecule has 0 aromatic rings. The molecule has 1 nitrogen and oxygen atoms in total. The van der Waals surface area contributed by atoms with Crippen molar-refractivity contribution in [3.63, 3.8) is 0 Å². The molecular formula is C10H16OS4. The average Bonchev–Trinajstić information content (AvgIpc) is 2.75. The molecule has 1 fully saturated rings. The zero-order valence-electron chi connectivity index (χ0n) is 8.65. The Balaban J connectivity index is 1.84. The van der Waals surface area contributed by atoms with Crippen LogP contribution in [-0.2, 0) is 4.79 Å². The molecule has 0 spiro atoms. The Morgan fingerprint density at radius 1 is 1.60 bits per heavy atom. The maximum atomic E-state index is 10.9. The molecule has 0 N–H and O–H groups in total. The van der Waals surface area contributed by atoms with E-state index in [4.69, 9.17) is 0 Å². The quantitative estimate of drug-likeness (QED) is 0.400. The van der Waals surface area contributed by atoms with Crippen LogP contribution < -0.4 is 0 Å². The van der Waals surface area contributed by atoms with Gasteiger partial charge in [-0.25, -0.2) is 0 Å². The molecule has 0 bridgehead atoms. The Hall–Kier alpha value is 0.810. The summed E-state index contributed by atoms with van der Waals surface area (Å²) in [6, 6.07) is 0. The Kier molecular flexibility index (Phi) is 8.24. The van der Waals surface area contributed by atoms with E-state index in [0.29, 0.717) is 0 Å². The summed E-state index contributed by atoms with van der Waals surface area (Å²) < 4.78 is 0. The van der Waals surface area contributed by atoms with Crippen molar-refractivity contribution in [2.75, 3.05) is 21.7 Å². The normalized spacial score (nSPS) is 20.4. The lowest BCUT2D eigenvalue weighted by Crippen LogP contribution is -2.01. The highest BCUT2D eigenvalue weighted by atomic mass is 32.2. The highest BCUT2D eigenvalue weighted by Gasteiger charge is 2.14. The number of hydrogen-bond donors (Lipinski definition) is 0. The van der Waals surface area contributed by atoms with Crippen LogP contribution in [0.25, 0.3) is 0 Å². The highest BCUT2D eigenvalue weighted by Crippen LogP contribution is 2.32. The van der Waals surface area contributed by atoms with Gasteiger partial charge in [0.05, 0.1) is 0 Å². The van der Waals surface area contributed by atoms with E-state index in [1.807, 2.05) is 11.8 Å². The summed E-state index contributed by atoms with van der Waals surface area (Å²) in [6.07, 6.45) is 4.01. The fraction of sp³-hybridized carbons (Fsp3) is 0.700. The Bertz CT molecular complexity index is 202. The lowest BCUT2D eigenvalue weighted by molar-refractivity contribution is -0.107. The van der Waals surface area contributed by atoms with Gasteiger partial charge in [-0.1, -0.05) is 18.3 Å². The number of hydrogen-bond acceptors (Lipinski definition) is 5. The van der Waals surface area contributed by atoms with Crippen LogP contribution in [0.1, 0.15) is 12.8 Å². The Morgan fingerprint density at radius 3 is 3.13 bits per heavy atom. The van der Waals surface area contributed by atoms with Crippen LogP contribution in [-0.4, -0.2) is 32.0 Å². The van der Waals surface area contributed by atoms with Crippen LogP contribution in [0, 0.1) is 0 Å². The zero-order chi connectivity index (χ0) is 10.9. The summed E-state index contributed by atoms with van der Waals surface area (Å²) in [5.41, 5.74) is 0. The predicted octanol–water partition coefficient (Wildman–Crippen LogP) is 3.71. The Morgan fingerprint density at radius 2 is 2.47 bits per heavy atom. The summed E-state index contributed by atoms with van der Waals surface area (Å²) in [4.78, 5) is 10.9. The molecule has 0 radical (unpaired) electrons. The number of rotatable bonds is 7. The van der Waals surface area contributed by atoms with Crippen molar-refractivity contribution < 1.29 is 4.79 Å². The summed E-state index contributed by atoms with van der Waals surface area (Å²) >= 11 is 7.36. The summed E-state index contributed by atoms with van der Waals surface area (Å²) in [5.74, 6) is 2.51. The third kappa shape index (κ3) is 6.87. The third-order valence-electron chi connectivity index (χ3n) is 1.96. The summed E-state index contributed by atoms with van der Waals surface area (Å²) in [5, 5.41) is 3.13. The molecule has 0 aromatic carbocycles. The first-order chi connectivity index (χ1) is 7.33. The second-order valence-electron chi connectivity index (χ2n) is 3.11. The molecule has 1 atom stereocenters. The summed E-state index contributed by atoms with van der Waals surface area (Å²) in [7, 11) is 0. The van der Waals surface area contributed by atoms with Gasteiger partial charge >= 0.3 is 0 Å². The van der Waals surface area contributed by atoms with E-state index < -0.39 is 0 Å². The van der Waals surface area contributed by atoms with Crippen LogP contribution in [0.4, 0.5) is 0 Å². The molecule has 1 heterocycles. The van der Waals surface area contributed by atoms with Crippen molar-refractivity contribution in [1.82, 2.24) is 0 Å². The zero-order valence-corrected chi connectivity index (χ0v) is 11.9. The van der Waals surface area contributed by atoms with Gasteiger partial charge in [0, 0.05) is 21.2 Å². The standard InChI is InChI=1S/C10H16OS4/c1-2-10(11)15-7-12-5-3-4-9-6-13-8-14-9/h2,9H,1,3-8H2. The maximum absolute atomic E-state index is 10.9. The van der Waals surface area contributed by atoms with Crippen molar-refractivity contribution in [3.8, 4) is 0 Å². The Labute approximate surface area is 109 Å². The summed E-state index contributed by atoms with van der Waals surface area (Å²) in [6.45, 7) is 3.44. The average molecular weight is 281 g/mol. The van der Waals surface area contributed by atoms with Gasteiger partial charge in [0.25, 0.3) is 0 Å². The van der Waals surface area contributed by atoms with Crippen molar-refractivity contribution in [2.24, 2.45) is 0 Å². The van der Waals surface area contributed by atoms with E-state index in [1.165, 1.54) is 47.3 Å². The van der Waals surface area contributed by atoms with Crippen LogP contribution in [0.2, 0.25) is 0 Å². The second-order valence-corrected chi connectivity index (χ2v) is 8.25. The van der Waals surface area contributed by atoms with Crippen LogP contribution in [0.5, 0.6) is 0 Å². The van der Waals surface area contributed by atoms with E-state index >= 15 is 0 Å². The van der Waals surface area contributed by atoms with Gasteiger partial charge in [0.15, 0.2) is 0 Å². The number of thioether (sulfide) groups is 4. The maximum Gasteiger partial charge on any atom is 0.212 e. The molecule has 1 unspecified atom stereocenters. The fourth-order valence-corrected chi connectivity index (χ4v) is 5.90. The first-order valence-corrected chi connectivity index (χ1v) is 9.23. The largest absolute Gasteiger partial charge is 0.282 e. The minimum atomic E-state index is 0.0882. The smallest absolute Gasteiger partial charge is 0.212 e. The lowest BCUT2D eigenvalue weighted by atomic mass is 10.3. The lowest BCUT2D eigenvalue weighted by Gasteiger charge is -2.06. The van der Waals surface area contributed by atoms with Crippen LogP contribution in [0.15, 0.2) is 12.7 Å². The molecule has 5 heteroatoms. The van der Waals surface area contributed by atoms with E-state index in [2.05, 4.69) is 30.1 Å². The van der Waals surface area contributed by atoms with Gasteiger partial charge in [-0.2, -0.15) is 11.8 Å². The fourth-order valence-electron chi connectivity index (χ4n) is 1.17. The molecule has 1 aliphatic rings. The molecule has 1 saturated heterocycles. The van der Waals surface area contributed by atoms with Crippen LogP contribution >= 0.6 is 47.0 Å². The molecule has 0 aliphatic carbocycles. The predicted molar refractivity (Wildman–Crippen MR) is 78.1 cm³/mol. The minimum Gasteiger partial charge on any atom is -0.282 e. The molecule has 1 aliphatic heterocycles. The van der Waals surface area contributed by atoms with Crippen molar-refractivity contribution >= 4 is 52.2 Å². The molecule has 0 aromatic heterocycles. The second kappa shape index (κ2) is 8.90. The first kappa shape index (κ1) is 13.9.